The number of rotatable bonds is 5. The molecule has 0 aliphatic heterocycles. The summed E-state index contributed by atoms with van der Waals surface area (Å²) >= 11 is 0. The van der Waals surface area contributed by atoms with Crippen molar-refractivity contribution in [2.75, 3.05) is 13.2 Å². The summed E-state index contributed by atoms with van der Waals surface area (Å²) in [6.45, 7) is 3.69. The molecular formula is C9H18O3. The Morgan fingerprint density at radius 3 is 2.42 bits per heavy atom. The summed E-state index contributed by atoms with van der Waals surface area (Å²) < 4.78 is 0. The average molecular weight is 174 g/mol. The molecule has 72 valence electrons. The Morgan fingerprint density at radius 1 is 1.42 bits per heavy atom. The Balaban J connectivity index is 3.92. The highest BCUT2D eigenvalue weighted by molar-refractivity contribution is 5.01. The van der Waals surface area contributed by atoms with Gasteiger partial charge in [-0.15, -0.1) is 0 Å². The minimum atomic E-state index is -0.517. The van der Waals surface area contributed by atoms with E-state index in [2.05, 4.69) is 0 Å². The first-order valence-electron chi connectivity index (χ1n) is 4.19. The van der Waals surface area contributed by atoms with Crippen molar-refractivity contribution in [3.05, 3.63) is 11.6 Å². The molecule has 12 heavy (non-hydrogen) atoms. The van der Waals surface area contributed by atoms with Crippen molar-refractivity contribution in [1.82, 2.24) is 0 Å². The van der Waals surface area contributed by atoms with Crippen molar-refractivity contribution in [2.45, 2.75) is 26.4 Å². The smallest absolute Gasteiger partial charge is 0.0639 e. The van der Waals surface area contributed by atoms with Crippen LogP contribution in [-0.2, 0) is 0 Å². The number of hydrogen-bond donors (Lipinski definition) is 3. The zero-order chi connectivity index (χ0) is 9.56. The first kappa shape index (κ1) is 11.6. The van der Waals surface area contributed by atoms with E-state index in [1.54, 1.807) is 0 Å². The third-order valence-corrected chi connectivity index (χ3v) is 1.83. The standard InChI is InChI=1S/C9H18O3/c1-7(6-11)5-8(2)9(12)3-4-10/h5,8-12H,3-4,6H2,1-2H3/b7-5+/t8-,9-/m0/s1. The van der Waals surface area contributed by atoms with Crippen molar-refractivity contribution in [1.29, 1.82) is 0 Å². The Labute approximate surface area is 73.4 Å². The maximum atomic E-state index is 9.38. The Bertz CT molecular complexity index is 143. The molecule has 0 heterocycles. The summed E-state index contributed by atoms with van der Waals surface area (Å²) in [6, 6.07) is 0. The van der Waals surface area contributed by atoms with Crippen molar-refractivity contribution in [2.24, 2.45) is 5.92 Å². The molecule has 3 nitrogen and oxygen atoms in total. The lowest BCUT2D eigenvalue weighted by Gasteiger charge is -2.14. The van der Waals surface area contributed by atoms with E-state index in [4.69, 9.17) is 10.2 Å². The van der Waals surface area contributed by atoms with Gasteiger partial charge in [0, 0.05) is 12.5 Å². The van der Waals surface area contributed by atoms with Crippen LogP contribution in [0.2, 0.25) is 0 Å². The molecule has 0 aromatic carbocycles. The van der Waals surface area contributed by atoms with Crippen LogP contribution in [0.1, 0.15) is 20.3 Å². The summed E-state index contributed by atoms with van der Waals surface area (Å²) in [6.07, 6.45) is 1.69. The second kappa shape index (κ2) is 6.17. The van der Waals surface area contributed by atoms with Crippen molar-refractivity contribution >= 4 is 0 Å². The van der Waals surface area contributed by atoms with Gasteiger partial charge in [-0.1, -0.05) is 18.6 Å². The molecule has 0 aliphatic rings. The van der Waals surface area contributed by atoms with Gasteiger partial charge >= 0.3 is 0 Å². The molecule has 0 spiro atoms. The molecule has 2 atom stereocenters. The summed E-state index contributed by atoms with van der Waals surface area (Å²) in [5.41, 5.74) is 0.847. The minimum absolute atomic E-state index is 0.00246. The first-order valence-corrected chi connectivity index (χ1v) is 4.19. The molecule has 0 radical (unpaired) electrons. The highest BCUT2D eigenvalue weighted by Crippen LogP contribution is 2.10. The van der Waals surface area contributed by atoms with Crippen molar-refractivity contribution < 1.29 is 15.3 Å². The van der Waals surface area contributed by atoms with Gasteiger partial charge in [-0.25, -0.2) is 0 Å². The zero-order valence-electron chi connectivity index (χ0n) is 7.70. The number of hydrogen-bond acceptors (Lipinski definition) is 3. The van der Waals surface area contributed by atoms with Crippen LogP contribution in [0.4, 0.5) is 0 Å². The minimum Gasteiger partial charge on any atom is -0.396 e. The fraction of sp³-hybridized carbons (Fsp3) is 0.778. The quantitative estimate of drug-likeness (QED) is 0.525. The lowest BCUT2D eigenvalue weighted by atomic mass is 10.00. The maximum absolute atomic E-state index is 9.38. The van der Waals surface area contributed by atoms with Gasteiger partial charge in [0.25, 0.3) is 0 Å². The van der Waals surface area contributed by atoms with E-state index in [0.717, 1.165) is 5.57 Å². The van der Waals surface area contributed by atoms with Gasteiger partial charge in [0.05, 0.1) is 12.7 Å². The molecule has 0 bridgehead atoms. The molecule has 3 N–H and O–H groups in total. The van der Waals surface area contributed by atoms with Crippen molar-refractivity contribution in [3.63, 3.8) is 0 Å². The van der Waals surface area contributed by atoms with Gasteiger partial charge in [-0.05, 0) is 13.3 Å². The van der Waals surface area contributed by atoms with E-state index >= 15 is 0 Å². The molecular weight excluding hydrogens is 156 g/mol. The predicted octanol–water partition coefficient (Wildman–Crippen LogP) is 0.304. The first-order chi connectivity index (χ1) is 5.61. The second-order valence-corrected chi connectivity index (χ2v) is 3.11. The fourth-order valence-corrected chi connectivity index (χ4v) is 1.01. The molecule has 0 saturated heterocycles. The largest absolute Gasteiger partial charge is 0.396 e. The fourth-order valence-electron chi connectivity index (χ4n) is 1.01. The third kappa shape index (κ3) is 4.49. The average Bonchev–Trinajstić information content (AvgIpc) is 2.04. The second-order valence-electron chi connectivity index (χ2n) is 3.11. The Hall–Kier alpha value is -0.380. The van der Waals surface area contributed by atoms with Crippen molar-refractivity contribution in [3.8, 4) is 0 Å². The van der Waals surface area contributed by atoms with Gasteiger partial charge in [-0.3, -0.25) is 0 Å². The molecule has 0 fully saturated rings. The molecule has 0 rings (SSSR count). The van der Waals surface area contributed by atoms with E-state index in [-0.39, 0.29) is 19.1 Å². The summed E-state index contributed by atoms with van der Waals surface area (Å²) in [5.74, 6) is -0.00991. The topological polar surface area (TPSA) is 60.7 Å². The highest BCUT2D eigenvalue weighted by Gasteiger charge is 2.10. The van der Waals surface area contributed by atoms with Crippen LogP contribution in [0.5, 0.6) is 0 Å². The third-order valence-electron chi connectivity index (χ3n) is 1.83. The zero-order valence-corrected chi connectivity index (χ0v) is 7.70. The molecule has 3 heteroatoms. The SMILES string of the molecule is C/C(=C\[C@H](C)[C@@H](O)CCO)CO. The normalized spacial score (nSPS) is 17.6. The van der Waals surface area contributed by atoms with Crippen LogP contribution in [0, 0.1) is 5.92 Å². The number of aliphatic hydroxyl groups is 3. The predicted molar refractivity (Wildman–Crippen MR) is 47.7 cm³/mol. The van der Waals surface area contributed by atoms with Crippen LogP contribution < -0.4 is 0 Å². The van der Waals surface area contributed by atoms with E-state index in [0.29, 0.717) is 6.42 Å². The lowest BCUT2D eigenvalue weighted by Crippen LogP contribution is -2.17. The maximum Gasteiger partial charge on any atom is 0.0639 e. The van der Waals surface area contributed by atoms with Gasteiger partial charge in [0.1, 0.15) is 0 Å². The molecule has 0 aromatic heterocycles. The van der Waals surface area contributed by atoms with Crippen LogP contribution in [0.3, 0.4) is 0 Å². The van der Waals surface area contributed by atoms with Crippen LogP contribution in [-0.4, -0.2) is 34.6 Å². The summed E-state index contributed by atoms with van der Waals surface area (Å²) in [7, 11) is 0. The van der Waals surface area contributed by atoms with Gasteiger partial charge in [0.15, 0.2) is 0 Å². The Morgan fingerprint density at radius 2 is 2.00 bits per heavy atom. The lowest BCUT2D eigenvalue weighted by molar-refractivity contribution is 0.103. The molecule has 0 aromatic rings. The highest BCUT2D eigenvalue weighted by atomic mass is 16.3. The molecule has 0 unspecified atom stereocenters. The van der Waals surface area contributed by atoms with Gasteiger partial charge in [-0.2, -0.15) is 0 Å². The van der Waals surface area contributed by atoms with E-state index in [1.807, 2.05) is 19.9 Å². The summed E-state index contributed by atoms with van der Waals surface area (Å²) in [4.78, 5) is 0. The van der Waals surface area contributed by atoms with Gasteiger partial charge < -0.3 is 15.3 Å². The van der Waals surface area contributed by atoms with E-state index in [1.165, 1.54) is 0 Å². The van der Waals surface area contributed by atoms with Gasteiger partial charge in [0.2, 0.25) is 0 Å². The molecule has 0 saturated carbocycles. The number of aliphatic hydroxyl groups excluding tert-OH is 3. The van der Waals surface area contributed by atoms with E-state index in [9.17, 15) is 5.11 Å². The van der Waals surface area contributed by atoms with Crippen LogP contribution in [0.25, 0.3) is 0 Å². The van der Waals surface area contributed by atoms with E-state index < -0.39 is 6.10 Å². The molecule has 0 aliphatic carbocycles. The molecule has 0 amide bonds. The Kier molecular flexibility index (Phi) is 5.98. The summed E-state index contributed by atoms with van der Waals surface area (Å²) in [5, 5.41) is 26.6. The van der Waals surface area contributed by atoms with Crippen LogP contribution in [0.15, 0.2) is 11.6 Å². The monoisotopic (exact) mass is 174 g/mol. The van der Waals surface area contributed by atoms with Crippen LogP contribution >= 0.6 is 0 Å².